The van der Waals surface area contributed by atoms with E-state index < -0.39 is 5.97 Å². The topological polar surface area (TPSA) is 58.4 Å². The van der Waals surface area contributed by atoms with Crippen molar-refractivity contribution in [2.24, 2.45) is 7.05 Å². The quantitative estimate of drug-likeness (QED) is 0.781. The minimum Gasteiger partial charge on any atom is -0.481 e. The van der Waals surface area contributed by atoms with E-state index >= 15 is 0 Å². The Kier molecular flexibility index (Phi) is 4.49. The normalized spacial score (nSPS) is 11.0. The molecule has 0 atom stereocenters. The Morgan fingerprint density at radius 2 is 2.31 bits per heavy atom. The molecule has 0 aliphatic heterocycles. The van der Waals surface area contributed by atoms with Crippen LogP contribution < -0.4 is 0 Å². The number of hydrogen-bond acceptors (Lipinski definition) is 3. The van der Waals surface area contributed by atoms with Crippen molar-refractivity contribution in [3.8, 4) is 0 Å². The first-order valence-electron chi connectivity index (χ1n) is 5.45. The van der Waals surface area contributed by atoms with E-state index in [-0.39, 0.29) is 6.42 Å². The second-order valence-electron chi connectivity index (χ2n) is 3.99. The number of carbonyl (C=O) groups is 1. The Bertz CT molecular complexity index is 360. The molecule has 0 fully saturated rings. The van der Waals surface area contributed by atoms with Crippen LogP contribution in [0.2, 0.25) is 0 Å². The van der Waals surface area contributed by atoms with Crippen LogP contribution >= 0.6 is 0 Å². The molecule has 1 heterocycles. The van der Waals surface area contributed by atoms with Crippen LogP contribution in [-0.2, 0) is 24.8 Å². The molecule has 1 N–H and O–H groups in total. The Morgan fingerprint density at radius 3 is 2.81 bits per heavy atom. The number of aromatic nitrogens is 2. The molecular formula is C11H19N3O2. The molecule has 0 radical (unpaired) electrons. The summed E-state index contributed by atoms with van der Waals surface area (Å²) in [7, 11) is 3.83. The maximum Gasteiger partial charge on any atom is 0.304 e. The second-order valence-corrected chi connectivity index (χ2v) is 3.99. The fourth-order valence-corrected chi connectivity index (χ4v) is 1.53. The number of carboxylic acids is 1. The molecule has 1 rings (SSSR count). The van der Waals surface area contributed by atoms with Gasteiger partial charge in [-0.25, -0.2) is 0 Å². The van der Waals surface area contributed by atoms with Crippen LogP contribution in [0, 0.1) is 0 Å². The summed E-state index contributed by atoms with van der Waals surface area (Å²) < 4.78 is 1.86. The molecule has 0 aromatic carbocycles. The largest absolute Gasteiger partial charge is 0.481 e. The van der Waals surface area contributed by atoms with E-state index in [1.165, 1.54) is 0 Å². The van der Waals surface area contributed by atoms with Gasteiger partial charge in [0.05, 0.1) is 17.8 Å². The van der Waals surface area contributed by atoms with Crippen LogP contribution in [0.1, 0.15) is 24.7 Å². The summed E-state index contributed by atoms with van der Waals surface area (Å²) in [5.74, 6) is -0.758. The number of rotatable bonds is 6. The summed E-state index contributed by atoms with van der Waals surface area (Å²) in [5.41, 5.74) is 2.19. The average Bonchev–Trinajstić information content (AvgIpc) is 2.57. The standard InChI is InChI=1S/C11H19N3O2/c1-4-9-7-10(14(3)12-9)8-13(2)6-5-11(15)16/h7H,4-6,8H2,1-3H3,(H,15,16). The molecule has 1 aromatic rings. The highest BCUT2D eigenvalue weighted by molar-refractivity contribution is 5.66. The summed E-state index contributed by atoms with van der Waals surface area (Å²) in [6.07, 6.45) is 1.10. The SMILES string of the molecule is CCc1cc(CN(C)CCC(=O)O)n(C)n1. The van der Waals surface area contributed by atoms with Crippen molar-refractivity contribution in [2.45, 2.75) is 26.3 Å². The number of carboxylic acid groups (broad SMARTS) is 1. The van der Waals surface area contributed by atoms with Gasteiger partial charge in [-0.15, -0.1) is 0 Å². The predicted octanol–water partition coefficient (Wildman–Crippen LogP) is 0.889. The maximum absolute atomic E-state index is 10.4. The first-order chi connectivity index (χ1) is 7.52. The Morgan fingerprint density at radius 1 is 1.62 bits per heavy atom. The van der Waals surface area contributed by atoms with Gasteiger partial charge < -0.3 is 5.11 Å². The lowest BCUT2D eigenvalue weighted by atomic mass is 10.3. The van der Waals surface area contributed by atoms with Gasteiger partial charge in [-0.1, -0.05) is 6.92 Å². The van der Waals surface area contributed by atoms with Gasteiger partial charge in [0.2, 0.25) is 0 Å². The zero-order valence-corrected chi connectivity index (χ0v) is 10.1. The van der Waals surface area contributed by atoms with Gasteiger partial charge in [0, 0.05) is 20.1 Å². The van der Waals surface area contributed by atoms with Gasteiger partial charge in [0.25, 0.3) is 0 Å². The van der Waals surface area contributed by atoms with Gasteiger partial charge >= 0.3 is 5.97 Å². The molecule has 0 saturated carbocycles. The van der Waals surface area contributed by atoms with E-state index in [2.05, 4.69) is 18.1 Å². The van der Waals surface area contributed by atoms with Gasteiger partial charge in [0.15, 0.2) is 0 Å². The van der Waals surface area contributed by atoms with E-state index in [1.807, 2.05) is 23.7 Å². The van der Waals surface area contributed by atoms with E-state index in [4.69, 9.17) is 5.11 Å². The zero-order chi connectivity index (χ0) is 12.1. The minimum absolute atomic E-state index is 0.176. The number of aryl methyl sites for hydroxylation is 2. The molecule has 0 spiro atoms. The Balaban J connectivity index is 2.51. The summed E-state index contributed by atoms with van der Waals surface area (Å²) >= 11 is 0. The summed E-state index contributed by atoms with van der Waals surface area (Å²) in [6, 6.07) is 2.07. The molecule has 0 aliphatic rings. The predicted molar refractivity (Wildman–Crippen MR) is 61.2 cm³/mol. The Hall–Kier alpha value is -1.36. The minimum atomic E-state index is -0.758. The summed E-state index contributed by atoms with van der Waals surface area (Å²) in [6.45, 7) is 3.36. The van der Waals surface area contributed by atoms with Crippen LogP contribution in [0.5, 0.6) is 0 Å². The summed E-state index contributed by atoms with van der Waals surface area (Å²) in [5, 5.41) is 12.9. The molecule has 1 aromatic heterocycles. The van der Waals surface area contributed by atoms with E-state index in [0.717, 1.165) is 24.4 Å². The van der Waals surface area contributed by atoms with Crippen molar-refractivity contribution in [2.75, 3.05) is 13.6 Å². The third-order valence-electron chi connectivity index (χ3n) is 2.53. The molecule has 0 amide bonds. The van der Waals surface area contributed by atoms with Crippen molar-refractivity contribution in [3.05, 3.63) is 17.5 Å². The third-order valence-corrected chi connectivity index (χ3v) is 2.53. The van der Waals surface area contributed by atoms with Crippen molar-refractivity contribution < 1.29 is 9.90 Å². The molecule has 16 heavy (non-hydrogen) atoms. The fourth-order valence-electron chi connectivity index (χ4n) is 1.53. The van der Waals surface area contributed by atoms with Gasteiger partial charge in [0.1, 0.15) is 0 Å². The van der Waals surface area contributed by atoms with Crippen molar-refractivity contribution in [1.82, 2.24) is 14.7 Å². The lowest BCUT2D eigenvalue weighted by molar-refractivity contribution is -0.137. The van der Waals surface area contributed by atoms with Crippen LogP contribution in [0.25, 0.3) is 0 Å². The molecule has 90 valence electrons. The van der Waals surface area contributed by atoms with Crippen molar-refractivity contribution in [3.63, 3.8) is 0 Å². The number of aliphatic carboxylic acids is 1. The zero-order valence-electron chi connectivity index (χ0n) is 10.1. The first kappa shape index (κ1) is 12.7. The molecular weight excluding hydrogens is 206 g/mol. The number of nitrogens with zero attached hydrogens (tertiary/aromatic N) is 3. The molecule has 0 unspecified atom stereocenters. The van der Waals surface area contributed by atoms with E-state index in [9.17, 15) is 4.79 Å². The van der Waals surface area contributed by atoms with Crippen LogP contribution in [0.15, 0.2) is 6.07 Å². The Labute approximate surface area is 95.7 Å². The first-order valence-corrected chi connectivity index (χ1v) is 5.45. The highest BCUT2D eigenvalue weighted by atomic mass is 16.4. The molecule has 0 aliphatic carbocycles. The highest BCUT2D eigenvalue weighted by Crippen LogP contribution is 2.06. The maximum atomic E-state index is 10.4. The fraction of sp³-hybridized carbons (Fsp3) is 0.636. The van der Waals surface area contributed by atoms with Crippen LogP contribution in [-0.4, -0.2) is 39.3 Å². The molecule has 0 saturated heterocycles. The lowest BCUT2D eigenvalue weighted by Crippen LogP contribution is -2.22. The van der Waals surface area contributed by atoms with E-state index in [1.54, 1.807) is 0 Å². The molecule has 5 nitrogen and oxygen atoms in total. The third kappa shape index (κ3) is 3.66. The van der Waals surface area contributed by atoms with Crippen molar-refractivity contribution >= 4 is 5.97 Å². The van der Waals surface area contributed by atoms with E-state index in [0.29, 0.717) is 6.54 Å². The van der Waals surface area contributed by atoms with Crippen molar-refractivity contribution in [1.29, 1.82) is 0 Å². The smallest absolute Gasteiger partial charge is 0.304 e. The average molecular weight is 225 g/mol. The van der Waals surface area contributed by atoms with Crippen LogP contribution in [0.4, 0.5) is 0 Å². The molecule has 5 heteroatoms. The monoisotopic (exact) mass is 225 g/mol. The van der Waals surface area contributed by atoms with Gasteiger partial charge in [-0.05, 0) is 19.5 Å². The molecule has 0 bridgehead atoms. The van der Waals surface area contributed by atoms with Crippen LogP contribution in [0.3, 0.4) is 0 Å². The second kappa shape index (κ2) is 5.65. The number of hydrogen-bond donors (Lipinski definition) is 1. The summed E-state index contributed by atoms with van der Waals surface area (Å²) in [4.78, 5) is 12.4. The lowest BCUT2D eigenvalue weighted by Gasteiger charge is -2.14. The highest BCUT2D eigenvalue weighted by Gasteiger charge is 2.08. The van der Waals surface area contributed by atoms with Gasteiger partial charge in [-0.2, -0.15) is 5.10 Å². The van der Waals surface area contributed by atoms with Gasteiger partial charge in [-0.3, -0.25) is 14.4 Å².